The van der Waals surface area contributed by atoms with Gasteiger partial charge >= 0.3 is 5.97 Å². The quantitative estimate of drug-likeness (QED) is 0.495. The van der Waals surface area contributed by atoms with Gasteiger partial charge in [0, 0.05) is 29.5 Å². The Morgan fingerprint density at radius 2 is 1.85 bits per heavy atom. The lowest BCUT2D eigenvalue weighted by Crippen LogP contribution is -2.05. The van der Waals surface area contributed by atoms with Gasteiger partial charge in [0.2, 0.25) is 0 Å². The maximum atomic E-state index is 10.7. The zero-order valence-electron chi connectivity index (χ0n) is 13.8. The van der Waals surface area contributed by atoms with Crippen molar-refractivity contribution >= 4 is 34.9 Å². The Labute approximate surface area is 154 Å². The van der Waals surface area contributed by atoms with E-state index >= 15 is 0 Å². The number of carboxylic acids is 1. The maximum absolute atomic E-state index is 10.7. The van der Waals surface area contributed by atoms with Crippen molar-refractivity contribution < 1.29 is 9.90 Å². The van der Waals surface area contributed by atoms with Crippen molar-refractivity contribution in [3.05, 3.63) is 66.0 Å². The summed E-state index contributed by atoms with van der Waals surface area (Å²) in [5, 5.41) is 16.4. The lowest BCUT2D eigenvalue weighted by Gasteiger charge is -2.19. The number of benzene rings is 2. The molecule has 26 heavy (non-hydrogen) atoms. The number of nitrogens with zero attached hydrogens (tertiary/aromatic N) is 2. The summed E-state index contributed by atoms with van der Waals surface area (Å²) >= 11 is 1.61. The van der Waals surface area contributed by atoms with Crippen LogP contribution in [0.5, 0.6) is 0 Å². The molecule has 0 unspecified atom stereocenters. The molecule has 0 amide bonds. The van der Waals surface area contributed by atoms with Crippen LogP contribution < -0.4 is 10.6 Å². The number of aliphatic carboxylic acids is 1. The van der Waals surface area contributed by atoms with Gasteiger partial charge < -0.3 is 15.7 Å². The fourth-order valence-electron chi connectivity index (χ4n) is 2.71. The minimum absolute atomic E-state index is 0.0405. The first-order valence-corrected chi connectivity index (χ1v) is 8.92. The van der Waals surface area contributed by atoms with Crippen molar-refractivity contribution in [2.75, 3.05) is 10.6 Å². The minimum atomic E-state index is -0.823. The second-order valence-electron chi connectivity index (χ2n) is 5.89. The lowest BCUT2D eigenvalue weighted by atomic mass is 10.1. The third-order valence-corrected chi connectivity index (χ3v) is 5.04. The van der Waals surface area contributed by atoms with Gasteiger partial charge in [0.25, 0.3) is 0 Å². The van der Waals surface area contributed by atoms with E-state index in [4.69, 9.17) is 5.11 Å². The van der Waals surface area contributed by atoms with Crippen LogP contribution in [0.2, 0.25) is 0 Å². The summed E-state index contributed by atoms with van der Waals surface area (Å²) in [6.07, 6.45) is 3.41. The van der Waals surface area contributed by atoms with Crippen LogP contribution in [0.4, 0.5) is 17.2 Å². The standard InChI is InChI=1S/C19H16N4O2S/c24-17(25)10-12-1-4-14(5-2-12)22-11-13-3-6-16-15(9-13)23-18-19(26-16)21-8-7-20-18/h1-9,22H,10-11H2,(H,20,23)(H,24,25). The molecular formula is C19H16N4O2S. The molecule has 6 nitrogen and oxygen atoms in total. The van der Waals surface area contributed by atoms with Gasteiger partial charge in [0.05, 0.1) is 12.1 Å². The Hall–Kier alpha value is -3.06. The molecule has 0 saturated heterocycles. The maximum Gasteiger partial charge on any atom is 0.307 e. The fraction of sp³-hybridized carbons (Fsp3) is 0.105. The third-order valence-electron chi connectivity index (χ3n) is 3.97. The average Bonchev–Trinajstić information content (AvgIpc) is 2.65. The molecule has 0 aliphatic carbocycles. The molecule has 0 fully saturated rings. The molecule has 7 heteroatoms. The molecule has 0 atom stereocenters. The largest absolute Gasteiger partial charge is 0.481 e. The zero-order valence-corrected chi connectivity index (χ0v) is 14.6. The average molecular weight is 364 g/mol. The van der Waals surface area contributed by atoms with Gasteiger partial charge in [-0.1, -0.05) is 30.0 Å². The number of anilines is 3. The van der Waals surface area contributed by atoms with E-state index in [-0.39, 0.29) is 6.42 Å². The molecule has 3 N–H and O–H groups in total. The first-order valence-electron chi connectivity index (χ1n) is 8.11. The number of fused-ring (bicyclic) bond motifs is 2. The van der Waals surface area contributed by atoms with E-state index in [0.29, 0.717) is 6.54 Å². The Bertz CT molecular complexity index is 960. The van der Waals surface area contributed by atoms with Gasteiger partial charge in [-0.25, -0.2) is 9.97 Å². The summed E-state index contributed by atoms with van der Waals surface area (Å²) in [5.41, 5.74) is 3.91. The monoisotopic (exact) mass is 364 g/mol. The van der Waals surface area contributed by atoms with Crippen molar-refractivity contribution in [3.8, 4) is 0 Å². The van der Waals surface area contributed by atoms with Crippen molar-refractivity contribution in [1.82, 2.24) is 9.97 Å². The smallest absolute Gasteiger partial charge is 0.307 e. The highest BCUT2D eigenvalue weighted by Crippen LogP contribution is 2.42. The number of carbonyl (C=O) groups is 1. The van der Waals surface area contributed by atoms with E-state index in [9.17, 15) is 4.79 Å². The molecule has 2 aromatic carbocycles. The van der Waals surface area contributed by atoms with E-state index in [0.717, 1.165) is 38.2 Å². The third kappa shape index (κ3) is 3.62. The number of aromatic nitrogens is 2. The summed E-state index contributed by atoms with van der Waals surface area (Å²) in [6, 6.07) is 13.7. The Morgan fingerprint density at radius 1 is 1.08 bits per heavy atom. The molecule has 1 aliphatic rings. The van der Waals surface area contributed by atoms with Crippen LogP contribution >= 0.6 is 11.8 Å². The van der Waals surface area contributed by atoms with Crippen LogP contribution in [0.25, 0.3) is 0 Å². The van der Waals surface area contributed by atoms with Crippen LogP contribution in [0.3, 0.4) is 0 Å². The van der Waals surface area contributed by atoms with E-state index in [1.54, 1.807) is 24.2 Å². The van der Waals surface area contributed by atoms with Gasteiger partial charge in [0.1, 0.15) is 5.03 Å². The predicted octanol–water partition coefficient (Wildman–Crippen LogP) is 3.92. The van der Waals surface area contributed by atoms with Crippen molar-refractivity contribution in [3.63, 3.8) is 0 Å². The first kappa shape index (κ1) is 16.4. The van der Waals surface area contributed by atoms with E-state index in [2.05, 4.69) is 38.8 Å². The summed E-state index contributed by atoms with van der Waals surface area (Å²) in [6.45, 7) is 0.672. The predicted molar refractivity (Wildman–Crippen MR) is 101 cm³/mol. The molecular weight excluding hydrogens is 348 g/mol. The SMILES string of the molecule is O=C(O)Cc1ccc(NCc2ccc3c(c2)Nc2nccnc2S3)cc1. The van der Waals surface area contributed by atoms with Crippen molar-refractivity contribution in [1.29, 1.82) is 0 Å². The first-order chi connectivity index (χ1) is 12.7. The molecule has 2 heterocycles. The van der Waals surface area contributed by atoms with Gasteiger partial charge in [-0.2, -0.15) is 0 Å². The van der Waals surface area contributed by atoms with Crippen molar-refractivity contribution in [2.24, 2.45) is 0 Å². The van der Waals surface area contributed by atoms with Crippen LogP contribution in [-0.4, -0.2) is 21.0 Å². The highest BCUT2D eigenvalue weighted by molar-refractivity contribution is 7.99. The molecule has 0 spiro atoms. The molecule has 1 aromatic heterocycles. The molecule has 3 aromatic rings. The Kier molecular flexibility index (Phi) is 4.45. The number of hydrogen-bond donors (Lipinski definition) is 3. The summed E-state index contributed by atoms with van der Waals surface area (Å²) < 4.78 is 0. The van der Waals surface area contributed by atoms with Crippen LogP contribution in [0.15, 0.2) is 64.8 Å². The fourth-order valence-corrected chi connectivity index (χ4v) is 3.59. The number of hydrogen-bond acceptors (Lipinski definition) is 6. The second kappa shape index (κ2) is 7.05. The van der Waals surface area contributed by atoms with E-state index in [1.165, 1.54) is 0 Å². The summed E-state index contributed by atoms with van der Waals surface area (Å²) in [4.78, 5) is 20.5. The van der Waals surface area contributed by atoms with Gasteiger partial charge in [-0.3, -0.25) is 4.79 Å². The molecule has 4 rings (SSSR count). The number of nitrogens with one attached hydrogen (secondary N) is 2. The Balaban J connectivity index is 1.43. The Morgan fingerprint density at radius 3 is 2.65 bits per heavy atom. The molecule has 0 bridgehead atoms. The van der Waals surface area contributed by atoms with E-state index in [1.807, 2.05) is 24.3 Å². The molecule has 0 radical (unpaired) electrons. The molecule has 1 aliphatic heterocycles. The van der Waals surface area contributed by atoms with Gasteiger partial charge in [-0.05, 0) is 35.4 Å². The van der Waals surface area contributed by atoms with Crippen molar-refractivity contribution in [2.45, 2.75) is 22.9 Å². The second-order valence-corrected chi connectivity index (χ2v) is 6.92. The molecule has 0 saturated carbocycles. The minimum Gasteiger partial charge on any atom is -0.481 e. The highest BCUT2D eigenvalue weighted by atomic mass is 32.2. The summed E-state index contributed by atoms with van der Waals surface area (Å²) in [7, 11) is 0. The lowest BCUT2D eigenvalue weighted by molar-refractivity contribution is -0.136. The summed E-state index contributed by atoms with van der Waals surface area (Å²) in [5.74, 6) is -0.0412. The molecule has 130 valence electrons. The highest BCUT2D eigenvalue weighted by Gasteiger charge is 2.17. The van der Waals surface area contributed by atoms with Crippen LogP contribution in [0, 0.1) is 0 Å². The van der Waals surface area contributed by atoms with Gasteiger partial charge in [0.15, 0.2) is 5.82 Å². The number of carboxylic acid groups (broad SMARTS) is 1. The topological polar surface area (TPSA) is 87.1 Å². The normalized spacial score (nSPS) is 11.8. The number of rotatable bonds is 5. The van der Waals surface area contributed by atoms with Crippen LogP contribution in [0.1, 0.15) is 11.1 Å². The zero-order chi connectivity index (χ0) is 17.9. The van der Waals surface area contributed by atoms with Gasteiger partial charge in [-0.15, -0.1) is 0 Å². The van der Waals surface area contributed by atoms with E-state index < -0.39 is 5.97 Å². The van der Waals surface area contributed by atoms with Crippen LogP contribution in [-0.2, 0) is 17.8 Å².